The Morgan fingerprint density at radius 1 is 0.963 bits per heavy atom. The molecular weight excluding hydrogens is 363 g/mol. The van der Waals surface area contributed by atoms with Gasteiger partial charge in [-0.1, -0.05) is 19.4 Å². The Balaban J connectivity index is 1.85. The van der Waals surface area contributed by atoms with Gasteiger partial charge in [0.1, 0.15) is 18.5 Å². The molecule has 0 amide bonds. The van der Waals surface area contributed by atoms with Crippen molar-refractivity contribution in [3.8, 4) is 5.75 Å². The molecule has 2 aliphatic rings. The number of rotatable bonds is 5. The van der Waals surface area contributed by atoms with Crippen LogP contribution in [0.2, 0.25) is 0 Å². The second kappa shape index (κ2) is 8.36. The minimum absolute atomic E-state index is 0.0539. The van der Waals surface area contributed by atoms with Gasteiger partial charge in [0.15, 0.2) is 11.6 Å². The molecule has 7 unspecified atom stereocenters. The first kappa shape index (κ1) is 20.4. The molecule has 27 heavy (non-hydrogen) atoms. The van der Waals surface area contributed by atoms with E-state index in [4.69, 9.17) is 4.74 Å². The van der Waals surface area contributed by atoms with Gasteiger partial charge in [-0.05, 0) is 62.0 Å². The standard InChI is InChI=1S/C21H27F5O/c1-3-5-11-8-14-15(22)9-12(10-16(23)18(14)19(11)24)13-6-7-17(27-4-2)21(26)20(13)25/h6-7,11-12,14-16,18-19H,3-5,8-10H2,1-2H3. The third-order valence-electron chi connectivity index (χ3n) is 6.26. The Kier molecular flexibility index (Phi) is 6.32. The van der Waals surface area contributed by atoms with Crippen molar-refractivity contribution in [1.29, 1.82) is 0 Å². The van der Waals surface area contributed by atoms with Crippen LogP contribution in [0.15, 0.2) is 12.1 Å². The Hall–Kier alpha value is -1.33. The topological polar surface area (TPSA) is 9.23 Å². The lowest BCUT2D eigenvalue weighted by molar-refractivity contribution is 0.0826. The third kappa shape index (κ3) is 3.81. The highest BCUT2D eigenvalue weighted by Crippen LogP contribution is 2.52. The summed E-state index contributed by atoms with van der Waals surface area (Å²) < 4.78 is 78.4. The van der Waals surface area contributed by atoms with Gasteiger partial charge in [0, 0.05) is 5.92 Å². The van der Waals surface area contributed by atoms with Gasteiger partial charge in [0.05, 0.1) is 6.61 Å². The summed E-state index contributed by atoms with van der Waals surface area (Å²) in [6.07, 6.45) is -2.94. The molecule has 0 heterocycles. The minimum Gasteiger partial charge on any atom is -0.491 e. The summed E-state index contributed by atoms with van der Waals surface area (Å²) in [6, 6.07) is 2.63. The first-order chi connectivity index (χ1) is 12.9. The fourth-order valence-electron chi connectivity index (χ4n) is 5.05. The number of halogens is 5. The van der Waals surface area contributed by atoms with E-state index in [1.807, 2.05) is 6.92 Å². The predicted octanol–water partition coefficient (Wildman–Crippen LogP) is 6.31. The van der Waals surface area contributed by atoms with Gasteiger partial charge in [-0.25, -0.2) is 17.6 Å². The SMILES string of the molecule is CCCC1CC2C(F)CC(c3ccc(OCC)c(F)c3F)CC(F)C2C1F. The number of benzene rings is 1. The summed E-state index contributed by atoms with van der Waals surface area (Å²) in [5.41, 5.74) is -0.0539. The highest BCUT2D eigenvalue weighted by atomic mass is 19.2. The maximum Gasteiger partial charge on any atom is 0.200 e. The predicted molar refractivity (Wildman–Crippen MR) is 94.2 cm³/mol. The lowest BCUT2D eigenvalue weighted by Gasteiger charge is -2.23. The normalized spacial score (nSPS) is 36.3. The summed E-state index contributed by atoms with van der Waals surface area (Å²) in [6.45, 7) is 3.76. The van der Waals surface area contributed by atoms with E-state index >= 15 is 0 Å². The van der Waals surface area contributed by atoms with Crippen LogP contribution in [0, 0.1) is 29.4 Å². The van der Waals surface area contributed by atoms with Crippen molar-refractivity contribution in [3.05, 3.63) is 29.3 Å². The molecule has 2 saturated carbocycles. The summed E-state index contributed by atoms with van der Waals surface area (Å²) >= 11 is 0. The molecule has 2 fully saturated rings. The molecule has 3 rings (SSSR count). The maximum atomic E-state index is 15.0. The molecule has 1 nitrogen and oxygen atoms in total. The van der Waals surface area contributed by atoms with Gasteiger partial charge in [-0.2, -0.15) is 4.39 Å². The highest BCUT2D eigenvalue weighted by molar-refractivity contribution is 5.33. The average molecular weight is 390 g/mol. The number of alkyl halides is 3. The van der Waals surface area contributed by atoms with E-state index in [1.54, 1.807) is 6.92 Å². The Morgan fingerprint density at radius 3 is 2.33 bits per heavy atom. The lowest BCUT2D eigenvalue weighted by atomic mass is 9.87. The molecular formula is C21H27F5O. The van der Waals surface area contributed by atoms with E-state index in [9.17, 15) is 22.0 Å². The van der Waals surface area contributed by atoms with E-state index in [1.165, 1.54) is 12.1 Å². The van der Waals surface area contributed by atoms with Crippen LogP contribution < -0.4 is 4.74 Å². The fourth-order valence-corrected chi connectivity index (χ4v) is 5.05. The summed E-state index contributed by atoms with van der Waals surface area (Å²) in [5.74, 6) is -5.29. The quantitative estimate of drug-likeness (QED) is 0.536. The monoisotopic (exact) mass is 390 g/mol. The van der Waals surface area contributed by atoms with Crippen LogP contribution >= 0.6 is 0 Å². The molecule has 0 bridgehead atoms. The Bertz CT molecular complexity index is 652. The lowest BCUT2D eigenvalue weighted by Crippen LogP contribution is -2.30. The zero-order chi connectivity index (χ0) is 19.7. The summed E-state index contributed by atoms with van der Waals surface area (Å²) in [5, 5.41) is 0. The van der Waals surface area contributed by atoms with Crippen molar-refractivity contribution in [3.63, 3.8) is 0 Å². The third-order valence-corrected chi connectivity index (χ3v) is 6.26. The van der Waals surface area contributed by atoms with Crippen molar-refractivity contribution in [1.82, 2.24) is 0 Å². The zero-order valence-electron chi connectivity index (χ0n) is 15.7. The van der Waals surface area contributed by atoms with E-state index in [0.717, 1.165) is 6.42 Å². The van der Waals surface area contributed by atoms with Gasteiger partial charge in [-0.3, -0.25) is 0 Å². The van der Waals surface area contributed by atoms with Crippen LogP contribution in [0.5, 0.6) is 5.75 Å². The first-order valence-electron chi connectivity index (χ1n) is 9.91. The molecule has 0 radical (unpaired) electrons. The second-order valence-electron chi connectivity index (χ2n) is 7.88. The number of fused-ring (bicyclic) bond motifs is 1. The van der Waals surface area contributed by atoms with Gasteiger partial charge in [0.2, 0.25) is 5.82 Å². The van der Waals surface area contributed by atoms with E-state index in [0.29, 0.717) is 12.8 Å². The highest BCUT2D eigenvalue weighted by Gasteiger charge is 2.53. The first-order valence-corrected chi connectivity index (χ1v) is 9.91. The molecule has 1 aromatic carbocycles. The molecule has 0 aliphatic heterocycles. The van der Waals surface area contributed by atoms with Gasteiger partial charge in [0.25, 0.3) is 0 Å². The molecule has 2 aliphatic carbocycles. The largest absolute Gasteiger partial charge is 0.491 e. The van der Waals surface area contributed by atoms with Crippen molar-refractivity contribution >= 4 is 0 Å². The molecule has 0 saturated heterocycles. The van der Waals surface area contributed by atoms with Gasteiger partial charge >= 0.3 is 0 Å². The molecule has 0 aromatic heterocycles. The minimum atomic E-state index is -1.56. The number of ether oxygens (including phenoxy) is 1. The average Bonchev–Trinajstić information content (AvgIpc) is 2.89. The van der Waals surface area contributed by atoms with Crippen molar-refractivity contribution < 1.29 is 26.7 Å². The van der Waals surface area contributed by atoms with E-state index in [2.05, 4.69) is 0 Å². The van der Waals surface area contributed by atoms with Crippen molar-refractivity contribution in [2.45, 2.75) is 70.4 Å². The van der Waals surface area contributed by atoms with E-state index in [-0.39, 0.29) is 36.7 Å². The smallest absolute Gasteiger partial charge is 0.200 e. The second-order valence-corrected chi connectivity index (χ2v) is 7.88. The molecule has 152 valence electrons. The number of hydrogen-bond donors (Lipinski definition) is 0. The summed E-state index contributed by atoms with van der Waals surface area (Å²) in [4.78, 5) is 0. The van der Waals surface area contributed by atoms with Crippen molar-refractivity contribution in [2.24, 2.45) is 17.8 Å². The molecule has 6 heteroatoms. The molecule has 7 atom stereocenters. The van der Waals surface area contributed by atoms with Crippen LogP contribution in [-0.4, -0.2) is 25.1 Å². The fraction of sp³-hybridized carbons (Fsp3) is 0.714. The number of hydrogen-bond acceptors (Lipinski definition) is 1. The van der Waals surface area contributed by atoms with E-state index < -0.39 is 47.9 Å². The van der Waals surface area contributed by atoms with Crippen LogP contribution in [-0.2, 0) is 0 Å². The molecule has 1 aromatic rings. The van der Waals surface area contributed by atoms with Crippen LogP contribution in [0.4, 0.5) is 22.0 Å². The van der Waals surface area contributed by atoms with Gasteiger partial charge in [-0.15, -0.1) is 0 Å². The Labute approximate surface area is 157 Å². The van der Waals surface area contributed by atoms with Crippen LogP contribution in [0.3, 0.4) is 0 Å². The zero-order valence-corrected chi connectivity index (χ0v) is 15.7. The van der Waals surface area contributed by atoms with Crippen LogP contribution in [0.25, 0.3) is 0 Å². The summed E-state index contributed by atoms with van der Waals surface area (Å²) in [7, 11) is 0. The molecule has 0 N–H and O–H groups in total. The van der Waals surface area contributed by atoms with Gasteiger partial charge < -0.3 is 4.74 Å². The maximum absolute atomic E-state index is 15.0. The molecule has 0 spiro atoms. The van der Waals surface area contributed by atoms with Crippen LogP contribution in [0.1, 0.15) is 57.4 Å². The van der Waals surface area contributed by atoms with Crippen molar-refractivity contribution in [2.75, 3.05) is 6.61 Å². The Morgan fingerprint density at radius 2 is 1.67 bits per heavy atom.